The summed E-state index contributed by atoms with van der Waals surface area (Å²) in [4.78, 5) is 0. The Morgan fingerprint density at radius 1 is 1.29 bits per heavy atom. The van der Waals surface area contributed by atoms with Crippen LogP contribution in [0, 0.1) is 0 Å². The Balaban J connectivity index is 3.85. The molecule has 5 heteroatoms. The lowest BCUT2D eigenvalue weighted by molar-refractivity contribution is 0.444. The van der Waals surface area contributed by atoms with Crippen LogP contribution in [0.4, 0.5) is 0 Å². The van der Waals surface area contributed by atoms with Crippen molar-refractivity contribution in [2.75, 3.05) is 23.9 Å². The van der Waals surface area contributed by atoms with Crippen molar-refractivity contribution in [1.29, 1.82) is 0 Å². The van der Waals surface area contributed by atoms with Gasteiger partial charge in [0.1, 0.15) is 0 Å². The van der Waals surface area contributed by atoms with Crippen LogP contribution in [0.25, 0.3) is 0 Å². The molecule has 0 bridgehead atoms. The lowest BCUT2D eigenvalue weighted by Gasteiger charge is -2.23. The van der Waals surface area contributed by atoms with E-state index in [2.05, 4.69) is 5.32 Å². The van der Waals surface area contributed by atoms with Crippen LogP contribution in [0.5, 0.6) is 0 Å². The number of nitrogens with one attached hydrogen (secondary N) is 1. The van der Waals surface area contributed by atoms with Gasteiger partial charge in [0.05, 0.1) is 5.75 Å². The van der Waals surface area contributed by atoms with Crippen molar-refractivity contribution < 1.29 is 8.42 Å². The molecule has 0 saturated heterocycles. The Morgan fingerprint density at radius 3 is 2.29 bits per heavy atom. The van der Waals surface area contributed by atoms with Gasteiger partial charge in [-0.25, -0.2) is 8.42 Å². The van der Waals surface area contributed by atoms with Crippen molar-refractivity contribution in [3.63, 3.8) is 0 Å². The third kappa shape index (κ3) is 6.62. The molecule has 0 unspecified atom stereocenters. The second-order valence-corrected chi connectivity index (χ2v) is 6.67. The van der Waals surface area contributed by atoms with Crippen LogP contribution in [0.3, 0.4) is 0 Å². The van der Waals surface area contributed by atoms with Crippen molar-refractivity contribution in [3.8, 4) is 0 Å². The number of rotatable bonds is 7. The summed E-state index contributed by atoms with van der Waals surface area (Å²) in [5, 5.41) is 3.11. The summed E-state index contributed by atoms with van der Waals surface area (Å²) < 4.78 is 22.7. The highest BCUT2D eigenvalue weighted by atomic mass is 35.5. The first-order valence-corrected chi connectivity index (χ1v) is 7.20. The standard InChI is InChI=1S/C9H20ClNO2S/c1-4-6-14(12,13)7-5-11-9(2,3)8-10/h11H,4-8H2,1-3H3. The van der Waals surface area contributed by atoms with Crippen LogP contribution in [-0.2, 0) is 9.84 Å². The second kappa shape index (κ2) is 5.93. The first-order valence-electron chi connectivity index (χ1n) is 4.84. The van der Waals surface area contributed by atoms with E-state index < -0.39 is 9.84 Å². The number of hydrogen-bond acceptors (Lipinski definition) is 3. The maximum Gasteiger partial charge on any atom is 0.151 e. The third-order valence-electron chi connectivity index (χ3n) is 1.87. The van der Waals surface area contributed by atoms with Gasteiger partial charge in [0.15, 0.2) is 9.84 Å². The molecule has 0 aliphatic rings. The molecule has 1 N–H and O–H groups in total. The van der Waals surface area contributed by atoms with Crippen LogP contribution < -0.4 is 5.32 Å². The van der Waals surface area contributed by atoms with E-state index in [4.69, 9.17) is 11.6 Å². The van der Waals surface area contributed by atoms with E-state index in [1.807, 2.05) is 20.8 Å². The van der Waals surface area contributed by atoms with Gasteiger partial charge in [-0.2, -0.15) is 0 Å². The summed E-state index contributed by atoms with van der Waals surface area (Å²) >= 11 is 5.69. The first kappa shape index (κ1) is 14.2. The van der Waals surface area contributed by atoms with Crippen molar-refractivity contribution in [2.45, 2.75) is 32.7 Å². The molecule has 0 fully saturated rings. The molecule has 0 aromatic rings. The fraction of sp³-hybridized carbons (Fsp3) is 1.00. The summed E-state index contributed by atoms with van der Waals surface area (Å²) in [5.41, 5.74) is -0.191. The lowest BCUT2D eigenvalue weighted by Crippen LogP contribution is -2.43. The molecule has 0 spiro atoms. The zero-order valence-corrected chi connectivity index (χ0v) is 10.7. The van der Waals surface area contributed by atoms with Crippen LogP contribution in [-0.4, -0.2) is 37.9 Å². The Kier molecular flexibility index (Phi) is 6.02. The van der Waals surface area contributed by atoms with Crippen LogP contribution in [0.1, 0.15) is 27.2 Å². The van der Waals surface area contributed by atoms with Crippen molar-refractivity contribution >= 4 is 21.4 Å². The minimum atomic E-state index is -2.87. The summed E-state index contributed by atoms with van der Waals surface area (Å²) in [6.45, 7) is 6.24. The third-order valence-corrected chi connectivity index (χ3v) is 4.39. The average Bonchev–Trinajstić information content (AvgIpc) is 2.03. The predicted octanol–water partition coefficient (Wildman–Crippen LogP) is 1.42. The topological polar surface area (TPSA) is 46.2 Å². The molecule has 0 atom stereocenters. The molecule has 0 aromatic carbocycles. The fourth-order valence-corrected chi connectivity index (χ4v) is 2.34. The quantitative estimate of drug-likeness (QED) is 0.686. The summed E-state index contributed by atoms with van der Waals surface area (Å²) in [6, 6.07) is 0. The Bertz CT molecular complexity index is 250. The smallest absolute Gasteiger partial charge is 0.151 e. The zero-order valence-electron chi connectivity index (χ0n) is 9.14. The number of hydrogen-bond donors (Lipinski definition) is 1. The van der Waals surface area contributed by atoms with Gasteiger partial charge in [0.2, 0.25) is 0 Å². The molecule has 0 saturated carbocycles. The van der Waals surface area contributed by atoms with E-state index in [0.717, 1.165) is 0 Å². The molecule has 0 aromatic heterocycles. The van der Waals surface area contributed by atoms with E-state index >= 15 is 0 Å². The molecule has 0 amide bonds. The highest BCUT2D eigenvalue weighted by molar-refractivity contribution is 7.91. The summed E-state index contributed by atoms with van der Waals surface area (Å²) in [7, 11) is -2.87. The van der Waals surface area contributed by atoms with Gasteiger partial charge in [-0.1, -0.05) is 6.92 Å². The van der Waals surface area contributed by atoms with Gasteiger partial charge in [-0.3, -0.25) is 0 Å². The van der Waals surface area contributed by atoms with E-state index in [1.165, 1.54) is 0 Å². The molecular formula is C9H20ClNO2S. The van der Waals surface area contributed by atoms with Crippen molar-refractivity contribution in [3.05, 3.63) is 0 Å². The molecule has 86 valence electrons. The Hall–Kier alpha value is 0.200. The maximum absolute atomic E-state index is 11.3. The largest absolute Gasteiger partial charge is 0.310 e. The van der Waals surface area contributed by atoms with Crippen molar-refractivity contribution in [2.24, 2.45) is 0 Å². The molecule has 0 aliphatic heterocycles. The molecule has 0 aliphatic carbocycles. The summed E-state index contributed by atoms with van der Waals surface area (Å²) in [5.74, 6) is 0.942. The predicted molar refractivity (Wildman–Crippen MR) is 61.7 cm³/mol. The normalized spacial score (nSPS) is 13.1. The number of sulfone groups is 1. The van der Waals surface area contributed by atoms with Gasteiger partial charge < -0.3 is 5.32 Å². The number of halogens is 1. The molecular weight excluding hydrogens is 222 g/mol. The second-order valence-electron chi connectivity index (χ2n) is 4.10. The molecule has 0 radical (unpaired) electrons. The maximum atomic E-state index is 11.3. The molecule has 0 rings (SSSR count). The van der Waals surface area contributed by atoms with Gasteiger partial charge in [0.25, 0.3) is 0 Å². The van der Waals surface area contributed by atoms with Crippen LogP contribution in [0.15, 0.2) is 0 Å². The van der Waals surface area contributed by atoms with E-state index in [1.54, 1.807) is 0 Å². The summed E-state index contributed by atoms with van der Waals surface area (Å²) in [6.07, 6.45) is 0.682. The van der Waals surface area contributed by atoms with Gasteiger partial charge in [-0.05, 0) is 20.3 Å². The average molecular weight is 242 g/mol. The molecule has 3 nitrogen and oxygen atoms in total. The fourth-order valence-electron chi connectivity index (χ4n) is 1.01. The van der Waals surface area contributed by atoms with Crippen LogP contribution in [0.2, 0.25) is 0 Å². The molecule has 14 heavy (non-hydrogen) atoms. The van der Waals surface area contributed by atoms with Gasteiger partial charge in [0, 0.05) is 23.7 Å². The van der Waals surface area contributed by atoms with Crippen LogP contribution >= 0.6 is 11.6 Å². The van der Waals surface area contributed by atoms with E-state index in [9.17, 15) is 8.42 Å². The van der Waals surface area contributed by atoms with Gasteiger partial charge in [-0.15, -0.1) is 11.6 Å². The minimum Gasteiger partial charge on any atom is -0.310 e. The zero-order chi connectivity index (χ0) is 11.2. The highest BCUT2D eigenvalue weighted by Gasteiger charge is 2.16. The monoisotopic (exact) mass is 241 g/mol. The highest BCUT2D eigenvalue weighted by Crippen LogP contribution is 2.03. The number of alkyl halides is 1. The lowest BCUT2D eigenvalue weighted by atomic mass is 10.1. The van der Waals surface area contributed by atoms with E-state index in [-0.39, 0.29) is 17.0 Å². The Morgan fingerprint density at radius 2 is 1.86 bits per heavy atom. The Labute approximate surface area is 92.1 Å². The van der Waals surface area contributed by atoms with Crippen molar-refractivity contribution in [1.82, 2.24) is 5.32 Å². The van der Waals surface area contributed by atoms with Gasteiger partial charge >= 0.3 is 0 Å². The first-order chi connectivity index (χ1) is 6.33. The SMILES string of the molecule is CCCS(=O)(=O)CCNC(C)(C)CCl. The molecule has 0 heterocycles. The van der Waals surface area contributed by atoms with E-state index in [0.29, 0.717) is 18.8 Å². The minimum absolute atomic E-state index is 0.191.